The van der Waals surface area contributed by atoms with Gasteiger partial charge >= 0.3 is 0 Å². The van der Waals surface area contributed by atoms with Crippen LogP contribution in [0.15, 0.2) is 59.7 Å². The lowest BCUT2D eigenvalue weighted by molar-refractivity contribution is -0.557. The van der Waals surface area contributed by atoms with E-state index in [1.54, 1.807) is 0 Å². The third kappa shape index (κ3) is 1.67. The molecule has 20 heavy (non-hydrogen) atoms. The van der Waals surface area contributed by atoms with Crippen LogP contribution in [0.1, 0.15) is 22.6 Å². The molecule has 0 saturated heterocycles. The van der Waals surface area contributed by atoms with Gasteiger partial charge in [-0.2, -0.15) is 0 Å². The predicted octanol–water partition coefficient (Wildman–Crippen LogP) is 1.51. The fourth-order valence-electron chi connectivity index (χ4n) is 3.18. The smallest absolute Gasteiger partial charge is 0.203 e. The first-order chi connectivity index (χ1) is 9.83. The van der Waals surface area contributed by atoms with Crippen molar-refractivity contribution in [1.29, 1.82) is 0 Å². The lowest BCUT2D eigenvalue weighted by Crippen LogP contribution is -2.28. The van der Waals surface area contributed by atoms with Gasteiger partial charge in [0.05, 0.1) is 5.92 Å². The van der Waals surface area contributed by atoms with Crippen molar-refractivity contribution in [2.75, 3.05) is 0 Å². The summed E-state index contributed by atoms with van der Waals surface area (Å²) >= 11 is 0. The zero-order valence-electron chi connectivity index (χ0n) is 10.9. The second kappa shape index (κ2) is 4.30. The molecule has 0 amide bonds. The number of fused-ring (bicyclic) bond motifs is 3. The number of nitrogens with zero attached hydrogens (tertiary/aromatic N) is 2. The SMILES string of the molecule is [O-]C1=N[N+](=Cc2ccccc2)C2Cc3ccccc3C12. The molecule has 2 aromatic carbocycles. The highest BCUT2D eigenvalue weighted by molar-refractivity contribution is 5.84. The Kier molecular flexibility index (Phi) is 2.46. The molecule has 0 radical (unpaired) electrons. The summed E-state index contributed by atoms with van der Waals surface area (Å²) in [5.74, 6) is -0.113. The van der Waals surface area contributed by atoms with Crippen molar-refractivity contribution in [1.82, 2.24) is 0 Å². The zero-order valence-corrected chi connectivity index (χ0v) is 10.9. The average Bonchev–Trinajstić information content (AvgIpc) is 2.99. The first-order valence-corrected chi connectivity index (χ1v) is 6.84. The van der Waals surface area contributed by atoms with Gasteiger partial charge < -0.3 is 5.11 Å². The third-order valence-corrected chi connectivity index (χ3v) is 4.10. The number of rotatable bonds is 1. The van der Waals surface area contributed by atoms with E-state index >= 15 is 0 Å². The molecule has 3 heteroatoms. The number of hydrogen-bond donors (Lipinski definition) is 0. The van der Waals surface area contributed by atoms with Crippen molar-refractivity contribution >= 4 is 12.1 Å². The number of hydrazone groups is 1. The van der Waals surface area contributed by atoms with Gasteiger partial charge in [0.15, 0.2) is 6.04 Å². The summed E-state index contributed by atoms with van der Waals surface area (Å²) in [4.78, 5) is 0. The Balaban J connectivity index is 1.76. The quantitative estimate of drug-likeness (QED) is 0.718. The molecule has 2 aliphatic rings. The molecule has 98 valence electrons. The highest BCUT2D eigenvalue weighted by atomic mass is 16.3. The molecular formula is C17H14N2O. The average molecular weight is 262 g/mol. The van der Waals surface area contributed by atoms with Crippen LogP contribution in [0, 0.1) is 0 Å². The van der Waals surface area contributed by atoms with Gasteiger partial charge in [0, 0.05) is 17.9 Å². The molecule has 0 bridgehead atoms. The third-order valence-electron chi connectivity index (χ3n) is 4.10. The maximum Gasteiger partial charge on any atom is 0.203 e. The molecule has 3 nitrogen and oxygen atoms in total. The van der Waals surface area contributed by atoms with E-state index in [-0.39, 0.29) is 17.9 Å². The standard InChI is InChI=1S/C17H14N2O/c20-17-16-14-9-5-4-8-13(14)10-15(16)19(18-17)11-12-6-2-1-3-7-12/h1-9,11,15-16H,10H2. The summed E-state index contributed by atoms with van der Waals surface area (Å²) in [6.07, 6.45) is 2.86. The van der Waals surface area contributed by atoms with Gasteiger partial charge in [0.2, 0.25) is 6.21 Å². The van der Waals surface area contributed by atoms with Crippen LogP contribution in [0.4, 0.5) is 0 Å². The van der Waals surface area contributed by atoms with E-state index < -0.39 is 0 Å². The van der Waals surface area contributed by atoms with Gasteiger partial charge in [-0.15, -0.1) is 0 Å². The Morgan fingerprint density at radius 1 is 1.05 bits per heavy atom. The van der Waals surface area contributed by atoms with Crippen LogP contribution < -0.4 is 5.11 Å². The summed E-state index contributed by atoms with van der Waals surface area (Å²) in [6, 6.07) is 18.4. The fourth-order valence-corrected chi connectivity index (χ4v) is 3.18. The second-order valence-electron chi connectivity index (χ2n) is 5.31. The van der Waals surface area contributed by atoms with Crippen molar-refractivity contribution in [2.45, 2.75) is 18.4 Å². The van der Waals surface area contributed by atoms with Crippen LogP contribution in [0.2, 0.25) is 0 Å². The Morgan fingerprint density at radius 3 is 2.65 bits per heavy atom. The van der Waals surface area contributed by atoms with Crippen LogP contribution in [0.25, 0.3) is 0 Å². The minimum atomic E-state index is -0.0915. The van der Waals surface area contributed by atoms with E-state index in [9.17, 15) is 5.11 Å². The highest BCUT2D eigenvalue weighted by Crippen LogP contribution is 2.38. The molecule has 4 rings (SSSR count). The molecule has 0 aromatic heterocycles. The van der Waals surface area contributed by atoms with E-state index in [0.717, 1.165) is 17.5 Å². The van der Waals surface area contributed by atoms with Crippen LogP contribution in [0.5, 0.6) is 0 Å². The topological polar surface area (TPSA) is 38.4 Å². The Labute approximate surface area is 117 Å². The van der Waals surface area contributed by atoms with E-state index in [1.807, 2.05) is 53.4 Å². The minimum absolute atomic E-state index is 0.0212. The minimum Gasteiger partial charge on any atom is -0.857 e. The summed E-state index contributed by atoms with van der Waals surface area (Å²) in [5, 5.41) is 16.4. The maximum atomic E-state index is 12.2. The molecule has 0 N–H and O–H groups in total. The molecular weight excluding hydrogens is 248 g/mol. The van der Waals surface area contributed by atoms with Gasteiger partial charge in [0.1, 0.15) is 0 Å². The molecule has 0 saturated carbocycles. The predicted molar refractivity (Wildman–Crippen MR) is 76.0 cm³/mol. The maximum absolute atomic E-state index is 12.2. The van der Waals surface area contributed by atoms with Crippen LogP contribution in [-0.2, 0) is 6.42 Å². The fraction of sp³-hybridized carbons (Fsp3) is 0.176. The molecule has 1 aliphatic heterocycles. The van der Waals surface area contributed by atoms with E-state index in [1.165, 1.54) is 5.56 Å². The Morgan fingerprint density at radius 2 is 1.80 bits per heavy atom. The van der Waals surface area contributed by atoms with Crippen molar-refractivity contribution in [2.24, 2.45) is 5.10 Å². The van der Waals surface area contributed by atoms with Gasteiger partial charge in [-0.25, -0.2) is 0 Å². The number of hydrogen-bond acceptors (Lipinski definition) is 2. The molecule has 1 aliphatic carbocycles. The van der Waals surface area contributed by atoms with Crippen LogP contribution in [-0.4, -0.2) is 22.8 Å². The first-order valence-electron chi connectivity index (χ1n) is 6.84. The van der Waals surface area contributed by atoms with Crippen molar-refractivity contribution in [3.05, 3.63) is 71.3 Å². The summed E-state index contributed by atoms with van der Waals surface area (Å²) in [6.45, 7) is 0. The van der Waals surface area contributed by atoms with Gasteiger partial charge in [-0.3, -0.25) is 0 Å². The van der Waals surface area contributed by atoms with Crippen LogP contribution >= 0.6 is 0 Å². The second-order valence-corrected chi connectivity index (χ2v) is 5.31. The van der Waals surface area contributed by atoms with Gasteiger partial charge in [-0.1, -0.05) is 47.1 Å². The van der Waals surface area contributed by atoms with Crippen molar-refractivity contribution in [3.63, 3.8) is 0 Å². The summed E-state index contributed by atoms with van der Waals surface area (Å²) in [5.41, 5.74) is 3.49. The largest absolute Gasteiger partial charge is 0.857 e. The van der Waals surface area contributed by atoms with E-state index in [0.29, 0.717) is 0 Å². The lowest BCUT2D eigenvalue weighted by atomic mass is 9.99. The molecule has 2 aromatic rings. The van der Waals surface area contributed by atoms with E-state index in [4.69, 9.17) is 0 Å². The monoisotopic (exact) mass is 262 g/mol. The van der Waals surface area contributed by atoms with Crippen molar-refractivity contribution < 1.29 is 9.79 Å². The lowest BCUT2D eigenvalue weighted by Gasteiger charge is -2.10. The number of benzene rings is 2. The van der Waals surface area contributed by atoms with Gasteiger partial charge in [-0.05, 0) is 28.4 Å². The molecule has 0 fully saturated rings. The summed E-state index contributed by atoms with van der Waals surface area (Å²) < 4.78 is 1.85. The Bertz CT molecular complexity index is 719. The normalized spacial score (nSPS) is 25.4. The van der Waals surface area contributed by atoms with Gasteiger partial charge in [0.25, 0.3) is 0 Å². The molecule has 2 unspecified atom stereocenters. The molecule has 0 spiro atoms. The van der Waals surface area contributed by atoms with Crippen molar-refractivity contribution in [3.8, 4) is 0 Å². The molecule has 1 heterocycles. The molecule has 2 atom stereocenters. The zero-order chi connectivity index (χ0) is 13.5. The first kappa shape index (κ1) is 11.4. The van der Waals surface area contributed by atoms with E-state index in [2.05, 4.69) is 17.2 Å². The summed E-state index contributed by atoms with van der Waals surface area (Å²) in [7, 11) is 0. The Hall–Kier alpha value is -2.42. The van der Waals surface area contributed by atoms with Crippen LogP contribution in [0.3, 0.4) is 0 Å². The highest BCUT2D eigenvalue weighted by Gasteiger charge is 2.45.